The number of carbonyl (C=O) groups excluding carboxylic acids is 1. The van der Waals surface area contributed by atoms with Crippen LogP contribution in [0.3, 0.4) is 0 Å². The van der Waals surface area contributed by atoms with Crippen molar-refractivity contribution in [3.63, 3.8) is 0 Å². The third-order valence-electron chi connectivity index (χ3n) is 4.10. The zero-order valence-electron chi connectivity index (χ0n) is 14.8. The maximum absolute atomic E-state index is 12.3. The van der Waals surface area contributed by atoms with E-state index in [1.807, 2.05) is 25.1 Å². The van der Waals surface area contributed by atoms with Crippen molar-refractivity contribution in [2.24, 2.45) is 0 Å². The van der Waals surface area contributed by atoms with E-state index in [1.54, 1.807) is 38.1 Å². The molecule has 0 atom stereocenters. The van der Waals surface area contributed by atoms with Crippen molar-refractivity contribution >= 4 is 42.4 Å². The molecule has 1 aromatic heterocycles. The fourth-order valence-corrected chi connectivity index (χ4v) is 4.58. The molecule has 7 heteroatoms. The zero-order chi connectivity index (χ0) is 18.9. The predicted molar refractivity (Wildman–Crippen MR) is 105 cm³/mol. The number of nitrogens with one attached hydrogen (secondary N) is 1. The summed E-state index contributed by atoms with van der Waals surface area (Å²) >= 11 is 1.44. The van der Waals surface area contributed by atoms with Crippen LogP contribution in [0.15, 0.2) is 47.4 Å². The first-order valence-electron chi connectivity index (χ1n) is 8.26. The molecule has 26 heavy (non-hydrogen) atoms. The van der Waals surface area contributed by atoms with Crippen LogP contribution in [-0.4, -0.2) is 24.6 Å². The van der Waals surface area contributed by atoms with E-state index in [2.05, 4.69) is 10.3 Å². The Hall–Kier alpha value is -2.25. The maximum Gasteiger partial charge on any atom is 0.230 e. The van der Waals surface area contributed by atoms with Gasteiger partial charge in [0, 0.05) is 0 Å². The minimum Gasteiger partial charge on any atom is -0.302 e. The number of para-hydroxylation sites is 1. The van der Waals surface area contributed by atoms with Crippen molar-refractivity contribution in [1.82, 2.24) is 4.98 Å². The highest BCUT2D eigenvalue weighted by Crippen LogP contribution is 2.28. The van der Waals surface area contributed by atoms with E-state index < -0.39 is 15.1 Å². The highest BCUT2D eigenvalue weighted by molar-refractivity contribution is 7.92. The Morgan fingerprint density at radius 2 is 1.85 bits per heavy atom. The number of sulfone groups is 1. The van der Waals surface area contributed by atoms with Gasteiger partial charge in [0.2, 0.25) is 5.91 Å². The lowest BCUT2D eigenvalue weighted by Gasteiger charge is -2.08. The Morgan fingerprint density at radius 1 is 1.15 bits per heavy atom. The quantitative estimate of drug-likeness (QED) is 0.717. The highest BCUT2D eigenvalue weighted by atomic mass is 32.2. The third kappa shape index (κ3) is 3.78. The Bertz CT molecular complexity index is 1050. The molecule has 0 saturated heterocycles. The number of aromatic nitrogens is 1. The maximum atomic E-state index is 12.3. The largest absolute Gasteiger partial charge is 0.302 e. The van der Waals surface area contributed by atoms with Crippen molar-refractivity contribution in [2.45, 2.75) is 37.3 Å². The summed E-state index contributed by atoms with van der Waals surface area (Å²) in [6.07, 6.45) is 0.164. The molecule has 136 valence electrons. The number of carbonyl (C=O) groups is 1. The molecule has 1 heterocycles. The van der Waals surface area contributed by atoms with E-state index in [0.717, 1.165) is 21.3 Å². The molecule has 3 aromatic rings. The molecule has 0 bridgehead atoms. The minimum atomic E-state index is -3.30. The zero-order valence-corrected chi connectivity index (χ0v) is 16.4. The lowest BCUT2D eigenvalue weighted by atomic mass is 10.1. The lowest BCUT2D eigenvalue weighted by molar-refractivity contribution is -0.115. The molecule has 0 aliphatic heterocycles. The van der Waals surface area contributed by atoms with Crippen LogP contribution < -0.4 is 5.32 Å². The lowest BCUT2D eigenvalue weighted by Crippen LogP contribution is -2.15. The molecular weight excluding hydrogens is 368 g/mol. The van der Waals surface area contributed by atoms with Gasteiger partial charge in [0.15, 0.2) is 15.0 Å². The van der Waals surface area contributed by atoms with E-state index in [0.29, 0.717) is 5.13 Å². The first kappa shape index (κ1) is 18.5. The second-order valence-electron chi connectivity index (χ2n) is 6.40. The van der Waals surface area contributed by atoms with Crippen molar-refractivity contribution in [3.05, 3.63) is 53.6 Å². The van der Waals surface area contributed by atoms with Crippen molar-refractivity contribution in [2.75, 3.05) is 5.32 Å². The summed E-state index contributed by atoms with van der Waals surface area (Å²) in [4.78, 5) is 17.0. The normalized spacial score (nSPS) is 11.8. The monoisotopic (exact) mass is 388 g/mol. The molecule has 1 amide bonds. The number of amides is 1. The van der Waals surface area contributed by atoms with Crippen LogP contribution in [0.2, 0.25) is 0 Å². The van der Waals surface area contributed by atoms with Crippen LogP contribution >= 0.6 is 11.3 Å². The molecule has 3 rings (SSSR count). The third-order valence-corrected chi connectivity index (χ3v) is 7.21. The van der Waals surface area contributed by atoms with Gasteiger partial charge in [-0.3, -0.25) is 4.79 Å². The minimum absolute atomic E-state index is 0.164. The SMILES string of the molecule is Cc1cccc2sc(NC(=O)Cc3ccc(S(=O)(=O)C(C)C)cc3)nc12. The first-order chi connectivity index (χ1) is 12.3. The Morgan fingerprint density at radius 3 is 2.46 bits per heavy atom. The van der Waals surface area contributed by atoms with Gasteiger partial charge in [-0.2, -0.15) is 0 Å². The standard InChI is InChI=1S/C19H20N2O3S2/c1-12(2)26(23,24)15-9-7-14(8-10-15)11-17(22)20-19-21-18-13(3)5-4-6-16(18)25-19/h4-10,12H,11H2,1-3H3,(H,20,21,22). The Kier molecular flexibility index (Phi) is 5.11. The van der Waals surface area contributed by atoms with Gasteiger partial charge >= 0.3 is 0 Å². The van der Waals surface area contributed by atoms with Crippen LogP contribution in [0.1, 0.15) is 25.0 Å². The van der Waals surface area contributed by atoms with Crippen LogP contribution in [0.4, 0.5) is 5.13 Å². The molecule has 0 saturated carbocycles. The summed E-state index contributed by atoms with van der Waals surface area (Å²) in [5.74, 6) is -0.179. The van der Waals surface area contributed by atoms with Gasteiger partial charge in [0.05, 0.1) is 26.8 Å². The summed E-state index contributed by atoms with van der Waals surface area (Å²) in [5.41, 5.74) is 2.72. The molecule has 1 N–H and O–H groups in total. The van der Waals surface area contributed by atoms with E-state index in [9.17, 15) is 13.2 Å². The Balaban J connectivity index is 1.70. The number of aryl methyl sites for hydroxylation is 1. The summed E-state index contributed by atoms with van der Waals surface area (Å²) < 4.78 is 25.3. The Labute approximate surface area is 157 Å². The van der Waals surface area contributed by atoms with Crippen LogP contribution in [0.5, 0.6) is 0 Å². The summed E-state index contributed by atoms with van der Waals surface area (Å²) in [5, 5.41) is 2.92. The molecule has 0 fully saturated rings. The number of rotatable bonds is 5. The van der Waals surface area contributed by atoms with Gasteiger partial charge in [-0.15, -0.1) is 0 Å². The number of hydrogen-bond donors (Lipinski definition) is 1. The van der Waals surface area contributed by atoms with Gasteiger partial charge in [-0.1, -0.05) is 35.6 Å². The number of anilines is 1. The second-order valence-corrected chi connectivity index (χ2v) is 9.94. The first-order valence-corrected chi connectivity index (χ1v) is 10.6. The molecular formula is C19H20N2O3S2. The van der Waals surface area contributed by atoms with Crippen molar-refractivity contribution in [3.8, 4) is 0 Å². The molecule has 0 spiro atoms. The number of nitrogens with zero attached hydrogens (tertiary/aromatic N) is 1. The summed E-state index contributed by atoms with van der Waals surface area (Å²) in [6, 6.07) is 12.4. The fourth-order valence-electron chi connectivity index (χ4n) is 2.56. The molecule has 5 nitrogen and oxygen atoms in total. The fraction of sp³-hybridized carbons (Fsp3) is 0.263. The van der Waals surface area contributed by atoms with Gasteiger partial charge in [0.1, 0.15) is 0 Å². The number of benzene rings is 2. The van der Waals surface area contributed by atoms with Crippen molar-refractivity contribution in [1.29, 1.82) is 0 Å². The van der Waals surface area contributed by atoms with E-state index in [1.165, 1.54) is 11.3 Å². The van der Waals surface area contributed by atoms with E-state index >= 15 is 0 Å². The van der Waals surface area contributed by atoms with Gasteiger partial charge in [-0.25, -0.2) is 13.4 Å². The molecule has 0 unspecified atom stereocenters. The van der Waals surface area contributed by atoms with Gasteiger partial charge in [0.25, 0.3) is 0 Å². The number of hydrogen-bond acceptors (Lipinski definition) is 5. The van der Waals surface area contributed by atoms with E-state index in [-0.39, 0.29) is 17.2 Å². The predicted octanol–water partition coefficient (Wildman–Crippen LogP) is 3.97. The smallest absolute Gasteiger partial charge is 0.230 e. The van der Waals surface area contributed by atoms with Crippen LogP contribution in [0.25, 0.3) is 10.2 Å². The van der Waals surface area contributed by atoms with Crippen LogP contribution in [0, 0.1) is 6.92 Å². The molecule has 0 aliphatic rings. The van der Waals surface area contributed by atoms with Crippen molar-refractivity contribution < 1.29 is 13.2 Å². The number of thiazole rings is 1. The summed E-state index contributed by atoms with van der Waals surface area (Å²) in [7, 11) is -3.30. The summed E-state index contributed by atoms with van der Waals surface area (Å²) in [6.45, 7) is 5.28. The molecule has 0 radical (unpaired) electrons. The number of fused-ring (bicyclic) bond motifs is 1. The average molecular weight is 389 g/mol. The average Bonchev–Trinajstić information content (AvgIpc) is 2.99. The van der Waals surface area contributed by atoms with Gasteiger partial charge in [-0.05, 0) is 50.1 Å². The van der Waals surface area contributed by atoms with Gasteiger partial charge < -0.3 is 5.32 Å². The molecule has 2 aromatic carbocycles. The highest BCUT2D eigenvalue weighted by Gasteiger charge is 2.19. The van der Waals surface area contributed by atoms with Crippen LogP contribution in [-0.2, 0) is 21.1 Å². The molecule has 0 aliphatic carbocycles. The second kappa shape index (κ2) is 7.17. The topological polar surface area (TPSA) is 76.1 Å². The van der Waals surface area contributed by atoms with E-state index in [4.69, 9.17) is 0 Å².